The van der Waals surface area contributed by atoms with E-state index in [1.54, 1.807) is 13.8 Å². The highest BCUT2D eigenvalue weighted by molar-refractivity contribution is 8.47. The van der Waals surface area contributed by atoms with E-state index < -0.39 is 4.75 Å². The maximum atomic E-state index is 11.3. The molecule has 0 heterocycles. The number of hydrogen-bond acceptors (Lipinski definition) is 6. The van der Waals surface area contributed by atoms with Crippen molar-refractivity contribution in [2.24, 2.45) is 0 Å². The van der Waals surface area contributed by atoms with E-state index in [-0.39, 0.29) is 11.8 Å². The first-order chi connectivity index (χ1) is 7.79. The summed E-state index contributed by atoms with van der Waals surface area (Å²) in [6.07, 6.45) is 0.347. The van der Waals surface area contributed by atoms with E-state index in [4.69, 9.17) is 17.0 Å². The molecule has 17 heavy (non-hydrogen) atoms. The Kier molecular flexibility index (Phi) is 8.07. The third-order valence-corrected chi connectivity index (χ3v) is 4.83. The normalized spacial score (nSPS) is 11.1. The molecular weight excluding hydrogens is 276 g/mol. The lowest BCUT2D eigenvalue weighted by Crippen LogP contribution is -2.25. The van der Waals surface area contributed by atoms with Crippen LogP contribution >= 0.6 is 35.7 Å². The Balaban J connectivity index is 3.89. The Hall–Kier alpha value is -0.0700. The van der Waals surface area contributed by atoms with Crippen LogP contribution < -0.4 is 0 Å². The van der Waals surface area contributed by atoms with Gasteiger partial charge in [-0.1, -0.05) is 24.0 Å². The smallest absolute Gasteiger partial charge is 0.306 e. The molecule has 0 aliphatic heterocycles. The Bertz CT molecular complexity index is 300. The Morgan fingerprint density at radius 2 is 1.94 bits per heavy atom. The molecule has 0 saturated carbocycles. The number of ketones is 1. The topological polar surface area (TPSA) is 43.4 Å². The summed E-state index contributed by atoms with van der Waals surface area (Å²) in [6.45, 7) is 7.43. The lowest BCUT2D eigenvalue weighted by atomic mass is 10.1. The van der Waals surface area contributed by atoms with Crippen LogP contribution in [0.3, 0.4) is 0 Å². The van der Waals surface area contributed by atoms with Crippen molar-refractivity contribution in [2.45, 2.75) is 38.9 Å². The van der Waals surface area contributed by atoms with E-state index in [0.29, 0.717) is 22.3 Å². The van der Waals surface area contributed by atoms with Crippen molar-refractivity contribution in [1.82, 2.24) is 0 Å². The molecule has 98 valence electrons. The van der Waals surface area contributed by atoms with Crippen LogP contribution in [0.2, 0.25) is 0 Å². The van der Waals surface area contributed by atoms with Gasteiger partial charge in [0.2, 0.25) is 0 Å². The molecule has 0 aromatic rings. The van der Waals surface area contributed by atoms with Gasteiger partial charge in [-0.25, -0.2) is 0 Å². The summed E-state index contributed by atoms with van der Waals surface area (Å²) < 4.78 is 5.00. The predicted molar refractivity (Wildman–Crippen MR) is 78.7 cm³/mol. The van der Waals surface area contributed by atoms with Crippen LogP contribution in [0.1, 0.15) is 34.1 Å². The van der Waals surface area contributed by atoms with Gasteiger partial charge in [0.25, 0.3) is 0 Å². The summed E-state index contributed by atoms with van der Waals surface area (Å²) >= 11 is 7.94. The lowest BCUT2D eigenvalue weighted by Gasteiger charge is -2.20. The van der Waals surface area contributed by atoms with E-state index in [1.807, 2.05) is 13.8 Å². The third kappa shape index (κ3) is 7.78. The second kappa shape index (κ2) is 8.11. The minimum absolute atomic E-state index is 0.0934. The molecule has 0 atom stereocenters. The van der Waals surface area contributed by atoms with Crippen LogP contribution in [-0.2, 0) is 14.3 Å². The average molecular weight is 294 g/mol. The summed E-state index contributed by atoms with van der Waals surface area (Å²) in [5.41, 5.74) is 0. The van der Waals surface area contributed by atoms with E-state index in [2.05, 4.69) is 0 Å². The van der Waals surface area contributed by atoms with Crippen LogP contribution in [0, 0.1) is 0 Å². The van der Waals surface area contributed by atoms with E-state index in [0.717, 1.165) is 0 Å². The highest BCUT2D eigenvalue weighted by Gasteiger charge is 2.26. The molecule has 0 unspecified atom stereocenters. The number of ether oxygens (including phenoxy) is 1. The van der Waals surface area contributed by atoms with E-state index >= 15 is 0 Å². The molecule has 0 rings (SSSR count). The van der Waals surface area contributed by atoms with Crippen molar-refractivity contribution >= 4 is 51.0 Å². The fraction of sp³-hybridized carbons (Fsp3) is 0.727. The number of hydrogen-bond donors (Lipinski definition) is 0. The van der Waals surface area contributed by atoms with Crippen molar-refractivity contribution < 1.29 is 14.3 Å². The van der Waals surface area contributed by atoms with Gasteiger partial charge in [-0.15, -0.1) is 11.8 Å². The van der Waals surface area contributed by atoms with Gasteiger partial charge in [-0.2, -0.15) is 0 Å². The highest BCUT2D eigenvalue weighted by Crippen LogP contribution is 2.31. The molecule has 0 aliphatic rings. The molecule has 0 bridgehead atoms. The summed E-state index contributed by atoms with van der Waals surface area (Å²) in [4.78, 5) is 22.4. The Morgan fingerprint density at radius 3 is 2.41 bits per heavy atom. The van der Waals surface area contributed by atoms with Crippen LogP contribution in [0.25, 0.3) is 0 Å². The first-order valence-corrected chi connectivity index (χ1v) is 7.53. The van der Waals surface area contributed by atoms with Gasteiger partial charge < -0.3 is 4.74 Å². The van der Waals surface area contributed by atoms with Crippen molar-refractivity contribution in [3.63, 3.8) is 0 Å². The maximum absolute atomic E-state index is 11.3. The quantitative estimate of drug-likeness (QED) is 0.554. The van der Waals surface area contributed by atoms with Crippen LogP contribution in [0.5, 0.6) is 0 Å². The zero-order valence-electron chi connectivity index (χ0n) is 10.6. The largest absolute Gasteiger partial charge is 0.466 e. The van der Waals surface area contributed by atoms with Crippen molar-refractivity contribution in [3.05, 3.63) is 0 Å². The molecule has 0 spiro atoms. The number of rotatable bonds is 6. The van der Waals surface area contributed by atoms with Gasteiger partial charge in [0, 0.05) is 5.75 Å². The lowest BCUT2D eigenvalue weighted by molar-refractivity contribution is -0.142. The molecule has 0 aliphatic carbocycles. The maximum Gasteiger partial charge on any atom is 0.306 e. The standard InChI is InChI=1S/C11H18O3S3/c1-5-14-9(13)6-7-16-10(15)17-11(3,4)8(2)12/h5-7H2,1-4H3. The van der Waals surface area contributed by atoms with Gasteiger partial charge in [0.1, 0.15) is 9.31 Å². The summed E-state index contributed by atoms with van der Waals surface area (Å²) in [6, 6.07) is 0. The van der Waals surface area contributed by atoms with Crippen LogP contribution in [-0.4, -0.2) is 32.4 Å². The summed E-state index contributed by atoms with van der Waals surface area (Å²) in [7, 11) is 0. The molecule has 0 aromatic heterocycles. The van der Waals surface area contributed by atoms with E-state index in [9.17, 15) is 9.59 Å². The molecule has 0 radical (unpaired) electrons. The number of carbonyl (C=O) groups excluding carboxylic acids is 2. The van der Waals surface area contributed by atoms with Gasteiger partial charge in [-0.3, -0.25) is 9.59 Å². The Labute approximate surface area is 116 Å². The first-order valence-electron chi connectivity index (χ1n) is 5.32. The summed E-state index contributed by atoms with van der Waals surface area (Å²) in [5.74, 6) is 0.480. The number of esters is 1. The minimum atomic E-state index is -0.492. The average Bonchev–Trinajstić information content (AvgIpc) is 2.16. The zero-order valence-corrected chi connectivity index (χ0v) is 13.0. The fourth-order valence-corrected chi connectivity index (χ4v) is 3.74. The van der Waals surface area contributed by atoms with Gasteiger partial charge in [-0.05, 0) is 27.7 Å². The monoisotopic (exact) mass is 294 g/mol. The molecule has 0 fully saturated rings. The van der Waals surface area contributed by atoms with Crippen molar-refractivity contribution in [1.29, 1.82) is 0 Å². The number of thioether (sulfide) groups is 2. The second-order valence-corrected chi connectivity index (χ2v) is 7.74. The van der Waals surface area contributed by atoms with Gasteiger partial charge in [0.15, 0.2) is 0 Å². The van der Waals surface area contributed by atoms with Gasteiger partial charge >= 0.3 is 5.97 Å². The summed E-state index contributed by atoms with van der Waals surface area (Å²) in [5, 5.41) is 0. The Morgan fingerprint density at radius 1 is 1.35 bits per heavy atom. The number of thiocarbonyl (C=S) groups is 1. The first kappa shape index (κ1) is 16.9. The van der Waals surface area contributed by atoms with Crippen LogP contribution in [0.4, 0.5) is 0 Å². The highest BCUT2D eigenvalue weighted by atomic mass is 32.2. The molecule has 0 aromatic carbocycles. The van der Waals surface area contributed by atoms with Crippen molar-refractivity contribution in [2.75, 3.05) is 12.4 Å². The number of Topliss-reactive ketones (excluding diaryl/α,β-unsaturated/α-hetero) is 1. The molecule has 6 heteroatoms. The SMILES string of the molecule is CCOC(=O)CCSC(=S)SC(C)(C)C(C)=O. The zero-order chi connectivity index (χ0) is 13.5. The van der Waals surface area contributed by atoms with Crippen molar-refractivity contribution in [3.8, 4) is 0 Å². The van der Waals surface area contributed by atoms with Crippen LogP contribution in [0.15, 0.2) is 0 Å². The van der Waals surface area contributed by atoms with E-state index in [1.165, 1.54) is 23.5 Å². The number of carbonyl (C=O) groups is 2. The molecule has 3 nitrogen and oxygen atoms in total. The predicted octanol–water partition coefficient (Wildman–Crippen LogP) is 3.06. The third-order valence-electron chi connectivity index (χ3n) is 2.02. The second-order valence-electron chi connectivity index (χ2n) is 3.82. The minimum Gasteiger partial charge on any atom is -0.466 e. The van der Waals surface area contributed by atoms with Gasteiger partial charge in [0.05, 0.1) is 17.8 Å². The molecule has 0 saturated heterocycles. The molecule has 0 N–H and O–H groups in total. The molecule has 0 amide bonds. The fourth-order valence-electron chi connectivity index (χ4n) is 0.761. The molecular formula is C11H18O3S3.